The van der Waals surface area contributed by atoms with Crippen LogP contribution >= 0.6 is 23.4 Å². The van der Waals surface area contributed by atoms with Gasteiger partial charge in [0.05, 0.1) is 5.56 Å². The second-order valence-electron chi connectivity index (χ2n) is 5.78. The molecule has 0 saturated heterocycles. The van der Waals surface area contributed by atoms with E-state index in [9.17, 15) is 0 Å². The van der Waals surface area contributed by atoms with E-state index in [0.717, 1.165) is 32.3 Å². The molecule has 4 rings (SSSR count). The SMILES string of the molecule is Cc1ccc2oc(-c3ccncc3SCc3ccc(Cl)cc3)nc2c1. The maximum absolute atomic E-state index is 5.95. The molecular weight excluding hydrogens is 352 g/mol. The van der Waals surface area contributed by atoms with E-state index in [1.807, 2.05) is 61.7 Å². The summed E-state index contributed by atoms with van der Waals surface area (Å²) in [5.41, 5.74) is 5.01. The molecule has 25 heavy (non-hydrogen) atoms. The Morgan fingerprint density at radius 1 is 1.08 bits per heavy atom. The summed E-state index contributed by atoms with van der Waals surface area (Å²) in [6.45, 7) is 2.05. The number of hydrogen-bond acceptors (Lipinski definition) is 4. The van der Waals surface area contributed by atoms with Crippen molar-refractivity contribution in [1.29, 1.82) is 0 Å². The number of benzene rings is 2. The van der Waals surface area contributed by atoms with Gasteiger partial charge < -0.3 is 4.42 Å². The maximum atomic E-state index is 5.95. The first-order valence-corrected chi connectivity index (χ1v) is 9.24. The van der Waals surface area contributed by atoms with Crippen molar-refractivity contribution in [3.05, 3.63) is 77.1 Å². The lowest BCUT2D eigenvalue weighted by molar-refractivity contribution is 0.618. The highest BCUT2D eigenvalue weighted by Crippen LogP contribution is 2.34. The molecule has 0 atom stereocenters. The Bertz CT molecular complexity index is 1030. The Hall–Kier alpha value is -2.30. The minimum atomic E-state index is 0.626. The van der Waals surface area contributed by atoms with Crippen molar-refractivity contribution in [2.75, 3.05) is 0 Å². The molecular formula is C20H15ClN2OS. The molecule has 2 heterocycles. The van der Waals surface area contributed by atoms with E-state index < -0.39 is 0 Å². The molecule has 0 aliphatic carbocycles. The highest BCUT2D eigenvalue weighted by Gasteiger charge is 2.13. The van der Waals surface area contributed by atoms with Gasteiger partial charge in [0.25, 0.3) is 0 Å². The summed E-state index contributed by atoms with van der Waals surface area (Å²) in [5, 5.41) is 0.748. The van der Waals surface area contributed by atoms with E-state index in [0.29, 0.717) is 5.89 Å². The van der Waals surface area contributed by atoms with E-state index >= 15 is 0 Å². The number of aromatic nitrogens is 2. The Morgan fingerprint density at radius 2 is 1.92 bits per heavy atom. The lowest BCUT2D eigenvalue weighted by Gasteiger charge is -2.06. The summed E-state index contributed by atoms with van der Waals surface area (Å²) in [7, 11) is 0. The molecule has 0 saturated carbocycles. The summed E-state index contributed by atoms with van der Waals surface area (Å²) in [5.74, 6) is 1.46. The van der Waals surface area contributed by atoms with E-state index in [4.69, 9.17) is 16.0 Å². The third-order valence-electron chi connectivity index (χ3n) is 3.87. The minimum absolute atomic E-state index is 0.626. The topological polar surface area (TPSA) is 38.9 Å². The second-order valence-corrected chi connectivity index (χ2v) is 7.23. The summed E-state index contributed by atoms with van der Waals surface area (Å²) < 4.78 is 5.95. The van der Waals surface area contributed by atoms with Crippen molar-refractivity contribution in [3.8, 4) is 11.5 Å². The van der Waals surface area contributed by atoms with Gasteiger partial charge in [-0.25, -0.2) is 4.98 Å². The van der Waals surface area contributed by atoms with E-state index in [1.54, 1.807) is 18.0 Å². The van der Waals surface area contributed by atoms with Crippen LogP contribution in [0, 0.1) is 6.92 Å². The molecule has 2 aromatic carbocycles. The number of pyridine rings is 1. The van der Waals surface area contributed by atoms with Crippen molar-refractivity contribution in [3.63, 3.8) is 0 Å². The van der Waals surface area contributed by atoms with Gasteiger partial charge in [0.1, 0.15) is 5.52 Å². The molecule has 0 radical (unpaired) electrons. The minimum Gasteiger partial charge on any atom is -0.436 e. The summed E-state index contributed by atoms with van der Waals surface area (Å²) in [6.07, 6.45) is 3.62. The van der Waals surface area contributed by atoms with Crippen LogP contribution in [0.15, 0.2) is 70.2 Å². The molecule has 2 aromatic heterocycles. The van der Waals surface area contributed by atoms with Gasteiger partial charge >= 0.3 is 0 Å². The van der Waals surface area contributed by atoms with Crippen LogP contribution in [-0.2, 0) is 5.75 Å². The van der Waals surface area contributed by atoms with Gasteiger partial charge in [-0.15, -0.1) is 11.8 Å². The van der Waals surface area contributed by atoms with Gasteiger partial charge in [-0.1, -0.05) is 29.8 Å². The molecule has 4 aromatic rings. The fourth-order valence-electron chi connectivity index (χ4n) is 2.57. The van der Waals surface area contributed by atoms with E-state index in [1.165, 1.54) is 11.1 Å². The van der Waals surface area contributed by atoms with Gasteiger partial charge in [0, 0.05) is 28.1 Å². The number of halogens is 1. The van der Waals surface area contributed by atoms with Gasteiger partial charge in [-0.2, -0.15) is 0 Å². The lowest BCUT2D eigenvalue weighted by atomic mass is 10.2. The van der Waals surface area contributed by atoms with Crippen LogP contribution in [0.5, 0.6) is 0 Å². The average molecular weight is 367 g/mol. The molecule has 3 nitrogen and oxygen atoms in total. The van der Waals surface area contributed by atoms with Gasteiger partial charge in [-0.3, -0.25) is 4.98 Å². The largest absolute Gasteiger partial charge is 0.436 e. The Morgan fingerprint density at radius 3 is 2.76 bits per heavy atom. The number of hydrogen-bond donors (Lipinski definition) is 0. The lowest BCUT2D eigenvalue weighted by Crippen LogP contribution is -1.86. The van der Waals surface area contributed by atoms with Gasteiger partial charge in [-0.05, 0) is 48.4 Å². The Labute approximate surface area is 155 Å². The first-order chi connectivity index (χ1) is 12.2. The highest BCUT2D eigenvalue weighted by atomic mass is 35.5. The zero-order valence-corrected chi connectivity index (χ0v) is 15.1. The van der Waals surface area contributed by atoms with Gasteiger partial charge in [0.2, 0.25) is 5.89 Å². The normalized spacial score (nSPS) is 11.1. The van der Waals surface area contributed by atoms with Gasteiger partial charge in [0.15, 0.2) is 5.58 Å². The molecule has 0 N–H and O–H groups in total. The molecule has 0 bridgehead atoms. The highest BCUT2D eigenvalue weighted by molar-refractivity contribution is 7.98. The quantitative estimate of drug-likeness (QED) is 0.406. The first-order valence-electron chi connectivity index (χ1n) is 7.88. The van der Waals surface area contributed by atoms with Crippen LogP contribution in [0.2, 0.25) is 5.02 Å². The van der Waals surface area contributed by atoms with Crippen LogP contribution in [0.25, 0.3) is 22.6 Å². The smallest absolute Gasteiger partial charge is 0.228 e. The molecule has 124 valence electrons. The fraction of sp³-hybridized carbons (Fsp3) is 0.100. The Balaban J connectivity index is 1.64. The summed E-state index contributed by atoms with van der Waals surface area (Å²) >= 11 is 7.65. The average Bonchev–Trinajstić information content (AvgIpc) is 3.04. The van der Waals surface area contributed by atoms with Crippen molar-refractivity contribution < 1.29 is 4.42 Å². The predicted molar refractivity (Wildman–Crippen MR) is 103 cm³/mol. The molecule has 0 amide bonds. The summed E-state index contributed by atoms with van der Waals surface area (Å²) in [4.78, 5) is 9.94. The number of fused-ring (bicyclic) bond motifs is 1. The molecule has 0 aliphatic rings. The second kappa shape index (κ2) is 6.90. The third-order valence-corrected chi connectivity index (χ3v) is 5.23. The first kappa shape index (κ1) is 16.2. The van der Waals surface area contributed by atoms with Crippen molar-refractivity contribution in [2.24, 2.45) is 0 Å². The van der Waals surface area contributed by atoms with Crippen molar-refractivity contribution in [1.82, 2.24) is 9.97 Å². The zero-order chi connectivity index (χ0) is 17.2. The molecule has 0 aliphatic heterocycles. The summed E-state index contributed by atoms with van der Waals surface area (Å²) in [6, 6.07) is 15.9. The molecule has 5 heteroatoms. The third kappa shape index (κ3) is 3.55. The van der Waals surface area contributed by atoms with Crippen LogP contribution in [0.1, 0.15) is 11.1 Å². The molecule has 0 fully saturated rings. The predicted octanol–water partition coefficient (Wildman–Crippen LogP) is 6.14. The number of nitrogens with zero attached hydrogens (tertiary/aromatic N) is 2. The van der Waals surface area contributed by atoms with Crippen molar-refractivity contribution in [2.45, 2.75) is 17.6 Å². The fourth-order valence-corrected chi connectivity index (χ4v) is 3.65. The zero-order valence-electron chi connectivity index (χ0n) is 13.6. The Kier molecular flexibility index (Phi) is 4.47. The monoisotopic (exact) mass is 366 g/mol. The number of rotatable bonds is 4. The van der Waals surface area contributed by atoms with E-state index in [-0.39, 0.29) is 0 Å². The number of aryl methyl sites for hydroxylation is 1. The van der Waals surface area contributed by atoms with Crippen LogP contribution in [0.3, 0.4) is 0 Å². The van der Waals surface area contributed by atoms with Crippen LogP contribution < -0.4 is 0 Å². The van der Waals surface area contributed by atoms with Crippen molar-refractivity contribution >= 4 is 34.5 Å². The maximum Gasteiger partial charge on any atom is 0.228 e. The number of oxazole rings is 1. The van der Waals surface area contributed by atoms with E-state index in [2.05, 4.69) is 9.97 Å². The molecule has 0 unspecified atom stereocenters. The number of thioether (sulfide) groups is 1. The van der Waals surface area contributed by atoms with Crippen LogP contribution in [-0.4, -0.2) is 9.97 Å². The molecule has 0 spiro atoms. The standard InChI is InChI=1S/C20H15ClN2OS/c1-13-2-7-18-17(10-13)23-20(24-18)16-8-9-22-11-19(16)25-12-14-3-5-15(21)6-4-14/h2-11H,12H2,1H3. The van der Waals surface area contributed by atoms with Crippen LogP contribution in [0.4, 0.5) is 0 Å².